The van der Waals surface area contributed by atoms with Gasteiger partial charge in [-0.05, 0) is 37.3 Å². The fourth-order valence-corrected chi connectivity index (χ4v) is 2.30. The maximum absolute atomic E-state index is 13.3. The van der Waals surface area contributed by atoms with Crippen molar-refractivity contribution in [2.24, 2.45) is 0 Å². The molecule has 3 N–H and O–H groups in total. The van der Waals surface area contributed by atoms with Crippen molar-refractivity contribution in [3.63, 3.8) is 0 Å². The fraction of sp³-hybridized carbons (Fsp3) is 0.222. The number of halogens is 2. The van der Waals surface area contributed by atoms with Crippen molar-refractivity contribution in [2.45, 2.75) is 13.0 Å². The average molecular weight is 349 g/mol. The Bertz CT molecular complexity index is 781. The number of benzene rings is 2. The maximum atomic E-state index is 13.3. The SMILES string of the molecule is COC(=O)c1ccccc1NC(=O)C[NH2+][C@@H](C)c1ccc(F)c(F)c1. The Balaban J connectivity index is 1.97. The van der Waals surface area contributed by atoms with Crippen LogP contribution in [0.1, 0.15) is 28.9 Å². The number of esters is 1. The van der Waals surface area contributed by atoms with Crippen LogP contribution in [0.25, 0.3) is 0 Å². The van der Waals surface area contributed by atoms with Gasteiger partial charge in [-0.1, -0.05) is 12.1 Å². The molecule has 2 aromatic carbocycles. The summed E-state index contributed by atoms with van der Waals surface area (Å²) in [7, 11) is 1.26. The number of rotatable bonds is 6. The van der Waals surface area contributed by atoms with Crippen LogP contribution in [0.15, 0.2) is 42.5 Å². The van der Waals surface area contributed by atoms with Crippen LogP contribution in [0.5, 0.6) is 0 Å². The molecule has 0 aliphatic heterocycles. The molecule has 7 heteroatoms. The van der Waals surface area contributed by atoms with Gasteiger partial charge in [0.1, 0.15) is 6.04 Å². The van der Waals surface area contributed by atoms with Crippen LogP contribution in [0.2, 0.25) is 0 Å². The third-order valence-electron chi connectivity index (χ3n) is 3.73. The number of nitrogens with one attached hydrogen (secondary N) is 1. The molecule has 0 heterocycles. The van der Waals surface area contributed by atoms with Crippen LogP contribution in [-0.4, -0.2) is 25.5 Å². The highest BCUT2D eigenvalue weighted by Crippen LogP contribution is 2.16. The van der Waals surface area contributed by atoms with Gasteiger partial charge in [0.25, 0.3) is 5.91 Å². The third-order valence-corrected chi connectivity index (χ3v) is 3.73. The Morgan fingerprint density at radius 2 is 1.88 bits per heavy atom. The summed E-state index contributed by atoms with van der Waals surface area (Å²) in [5, 5.41) is 4.33. The number of carbonyl (C=O) groups excluding carboxylic acids is 2. The second-order valence-corrected chi connectivity index (χ2v) is 5.49. The predicted octanol–water partition coefficient (Wildman–Crippen LogP) is 2.01. The van der Waals surface area contributed by atoms with Crippen LogP contribution in [0.3, 0.4) is 0 Å². The van der Waals surface area contributed by atoms with Crippen molar-refractivity contribution < 1.29 is 28.4 Å². The van der Waals surface area contributed by atoms with Crippen molar-refractivity contribution in [2.75, 3.05) is 19.0 Å². The van der Waals surface area contributed by atoms with Crippen LogP contribution < -0.4 is 10.6 Å². The number of nitrogens with two attached hydrogens (primary N) is 1. The minimum absolute atomic E-state index is 0.0513. The van der Waals surface area contributed by atoms with Gasteiger partial charge in [0.2, 0.25) is 0 Å². The predicted molar refractivity (Wildman–Crippen MR) is 88.0 cm³/mol. The summed E-state index contributed by atoms with van der Waals surface area (Å²) in [4.78, 5) is 23.8. The van der Waals surface area contributed by atoms with Gasteiger partial charge >= 0.3 is 5.97 Å². The number of amides is 1. The van der Waals surface area contributed by atoms with Gasteiger partial charge in [0.05, 0.1) is 18.4 Å². The van der Waals surface area contributed by atoms with E-state index in [-0.39, 0.29) is 24.1 Å². The Kier molecular flexibility index (Phi) is 6.19. The summed E-state index contributed by atoms with van der Waals surface area (Å²) in [6, 6.07) is 9.91. The highest BCUT2D eigenvalue weighted by atomic mass is 19.2. The molecule has 2 rings (SSSR count). The molecule has 1 amide bonds. The molecule has 0 spiro atoms. The topological polar surface area (TPSA) is 72.0 Å². The van der Waals surface area contributed by atoms with Gasteiger partial charge in [-0.2, -0.15) is 0 Å². The van der Waals surface area contributed by atoms with Crippen LogP contribution >= 0.6 is 0 Å². The molecule has 1 atom stereocenters. The minimum atomic E-state index is -0.922. The standard InChI is InChI=1S/C18H18F2N2O3/c1-11(12-7-8-14(19)15(20)9-12)21-10-17(23)22-16-6-4-3-5-13(16)18(24)25-2/h3-9,11,21H,10H2,1-2H3,(H,22,23)/p+1/t11-/m0/s1. The highest BCUT2D eigenvalue weighted by molar-refractivity contribution is 6.01. The number of ether oxygens (including phenoxy) is 1. The van der Waals surface area contributed by atoms with E-state index in [0.29, 0.717) is 11.3 Å². The molecule has 132 valence electrons. The lowest BCUT2D eigenvalue weighted by molar-refractivity contribution is -0.682. The summed E-state index contributed by atoms with van der Waals surface area (Å²) in [5.74, 6) is -2.71. The molecule has 0 saturated carbocycles. The molecule has 0 saturated heterocycles. The normalized spacial score (nSPS) is 11.7. The number of para-hydroxylation sites is 1. The van der Waals surface area contributed by atoms with Crippen molar-refractivity contribution in [1.29, 1.82) is 0 Å². The number of quaternary nitrogens is 1. The average Bonchev–Trinajstić information content (AvgIpc) is 2.61. The molecule has 0 fully saturated rings. The van der Waals surface area contributed by atoms with Crippen molar-refractivity contribution in [3.05, 3.63) is 65.2 Å². The third kappa shape index (κ3) is 4.84. The van der Waals surface area contributed by atoms with E-state index in [0.717, 1.165) is 12.1 Å². The van der Waals surface area contributed by atoms with E-state index in [1.54, 1.807) is 36.5 Å². The van der Waals surface area contributed by atoms with E-state index in [1.165, 1.54) is 13.2 Å². The summed E-state index contributed by atoms with van der Waals surface area (Å²) in [6.07, 6.45) is 0. The number of carbonyl (C=O) groups is 2. The first-order chi connectivity index (χ1) is 11.9. The van der Waals surface area contributed by atoms with Gasteiger partial charge in [-0.3, -0.25) is 4.79 Å². The fourth-order valence-electron chi connectivity index (χ4n) is 2.30. The lowest BCUT2D eigenvalue weighted by Crippen LogP contribution is -2.86. The second kappa shape index (κ2) is 8.34. The Hall–Kier alpha value is -2.80. The van der Waals surface area contributed by atoms with Crippen molar-refractivity contribution in [1.82, 2.24) is 0 Å². The van der Waals surface area contributed by atoms with Crippen molar-refractivity contribution >= 4 is 17.6 Å². The number of anilines is 1. The minimum Gasteiger partial charge on any atom is -0.465 e. The van der Waals surface area contributed by atoms with Crippen LogP contribution in [-0.2, 0) is 9.53 Å². The monoisotopic (exact) mass is 349 g/mol. The van der Waals surface area contributed by atoms with E-state index in [2.05, 4.69) is 10.1 Å². The first-order valence-corrected chi connectivity index (χ1v) is 7.68. The zero-order chi connectivity index (χ0) is 18.4. The molecule has 0 unspecified atom stereocenters. The largest absolute Gasteiger partial charge is 0.465 e. The molecular formula is C18H19F2N2O3+. The molecule has 0 bridgehead atoms. The van der Waals surface area contributed by atoms with Crippen LogP contribution in [0, 0.1) is 11.6 Å². The van der Waals surface area contributed by atoms with Gasteiger partial charge < -0.3 is 15.4 Å². The van der Waals surface area contributed by atoms with E-state index in [4.69, 9.17) is 0 Å². The molecular weight excluding hydrogens is 330 g/mol. The summed E-state index contributed by atoms with van der Waals surface area (Å²) in [5.41, 5.74) is 1.18. The first kappa shape index (κ1) is 18.5. The Labute approximate surface area is 144 Å². The molecule has 0 aliphatic carbocycles. The van der Waals surface area contributed by atoms with Crippen molar-refractivity contribution in [3.8, 4) is 0 Å². The number of hydrogen-bond acceptors (Lipinski definition) is 3. The van der Waals surface area contributed by atoms with Gasteiger partial charge in [-0.25, -0.2) is 13.6 Å². The number of hydrogen-bond donors (Lipinski definition) is 2. The summed E-state index contributed by atoms with van der Waals surface area (Å²) in [6.45, 7) is 1.83. The van der Waals surface area contributed by atoms with Gasteiger partial charge in [-0.15, -0.1) is 0 Å². The molecule has 0 aliphatic rings. The van der Waals surface area contributed by atoms with E-state index >= 15 is 0 Å². The molecule has 25 heavy (non-hydrogen) atoms. The second-order valence-electron chi connectivity index (χ2n) is 5.49. The van der Waals surface area contributed by atoms with Gasteiger partial charge in [0, 0.05) is 5.56 Å². The Morgan fingerprint density at radius 3 is 2.56 bits per heavy atom. The zero-order valence-electron chi connectivity index (χ0n) is 13.9. The lowest BCUT2D eigenvalue weighted by atomic mass is 10.1. The van der Waals surface area contributed by atoms with Gasteiger partial charge in [0.15, 0.2) is 18.2 Å². The van der Waals surface area contributed by atoms with Crippen LogP contribution in [0.4, 0.5) is 14.5 Å². The van der Waals surface area contributed by atoms with E-state index in [9.17, 15) is 18.4 Å². The summed E-state index contributed by atoms with van der Waals surface area (Å²) < 4.78 is 30.9. The quantitative estimate of drug-likeness (QED) is 0.784. The number of methoxy groups -OCH3 is 1. The summed E-state index contributed by atoms with van der Waals surface area (Å²) >= 11 is 0. The molecule has 2 aromatic rings. The highest BCUT2D eigenvalue weighted by Gasteiger charge is 2.16. The molecule has 0 radical (unpaired) electrons. The lowest BCUT2D eigenvalue weighted by Gasteiger charge is -2.12. The Morgan fingerprint density at radius 1 is 1.16 bits per heavy atom. The maximum Gasteiger partial charge on any atom is 0.339 e. The zero-order valence-corrected chi connectivity index (χ0v) is 13.9. The first-order valence-electron chi connectivity index (χ1n) is 7.68. The van der Waals surface area contributed by atoms with E-state index in [1.807, 2.05) is 0 Å². The molecule has 0 aromatic heterocycles. The molecule has 5 nitrogen and oxygen atoms in total. The smallest absolute Gasteiger partial charge is 0.339 e. The van der Waals surface area contributed by atoms with E-state index < -0.39 is 17.6 Å².